The van der Waals surface area contributed by atoms with Gasteiger partial charge in [0.2, 0.25) is 0 Å². The van der Waals surface area contributed by atoms with Crippen molar-refractivity contribution in [1.82, 2.24) is 9.97 Å². The number of carbonyl (C=O) groups is 1. The molecular weight excluding hydrogens is 220 g/mol. The number of aromatic amines is 1. The van der Waals surface area contributed by atoms with Crippen LogP contribution in [0.3, 0.4) is 0 Å². The van der Waals surface area contributed by atoms with Gasteiger partial charge in [-0.05, 0) is 13.3 Å². The van der Waals surface area contributed by atoms with E-state index in [1.54, 1.807) is 6.92 Å². The molecular formula is C12H18N2O3. The van der Waals surface area contributed by atoms with Crippen LogP contribution >= 0.6 is 0 Å². The van der Waals surface area contributed by atoms with E-state index in [0.29, 0.717) is 18.1 Å². The first kappa shape index (κ1) is 13.4. The van der Waals surface area contributed by atoms with Crippen LogP contribution in [0, 0.1) is 6.92 Å². The molecule has 0 spiro atoms. The zero-order chi connectivity index (χ0) is 13.0. The molecule has 0 saturated heterocycles. The molecule has 1 aromatic rings. The Morgan fingerprint density at radius 3 is 2.59 bits per heavy atom. The Morgan fingerprint density at radius 1 is 1.47 bits per heavy atom. The Morgan fingerprint density at radius 2 is 2.12 bits per heavy atom. The molecule has 1 rings (SSSR count). The molecule has 0 amide bonds. The van der Waals surface area contributed by atoms with Gasteiger partial charge in [0.1, 0.15) is 11.4 Å². The van der Waals surface area contributed by atoms with Gasteiger partial charge in [0, 0.05) is 5.92 Å². The minimum absolute atomic E-state index is 0.00264. The summed E-state index contributed by atoms with van der Waals surface area (Å²) in [5.41, 5.74) is -0.0105. The summed E-state index contributed by atoms with van der Waals surface area (Å²) in [7, 11) is 0. The standard InChI is InChI=1S/C12H18N2O3/c1-5-6-17-12(16)9-8(4)13-10(7(2)3)14-11(9)15/h7H,5-6H2,1-4H3,(H,13,14,15). The lowest BCUT2D eigenvalue weighted by atomic mass is 10.2. The minimum Gasteiger partial charge on any atom is -0.462 e. The predicted molar refractivity (Wildman–Crippen MR) is 64.3 cm³/mol. The number of nitrogens with zero attached hydrogens (tertiary/aromatic N) is 1. The summed E-state index contributed by atoms with van der Waals surface area (Å²) in [5, 5.41) is 0. The molecule has 1 aromatic heterocycles. The average molecular weight is 238 g/mol. The Labute approximate surface area is 100 Å². The molecule has 0 atom stereocenters. The summed E-state index contributed by atoms with van der Waals surface area (Å²) in [6.45, 7) is 7.69. The minimum atomic E-state index is -0.603. The van der Waals surface area contributed by atoms with E-state index in [1.807, 2.05) is 20.8 Å². The largest absolute Gasteiger partial charge is 0.462 e. The van der Waals surface area contributed by atoms with Crippen molar-refractivity contribution in [3.05, 3.63) is 27.4 Å². The Kier molecular flexibility index (Phi) is 4.43. The molecule has 1 N–H and O–H groups in total. The number of esters is 1. The zero-order valence-electron chi connectivity index (χ0n) is 10.7. The molecule has 0 aliphatic rings. The lowest BCUT2D eigenvalue weighted by Gasteiger charge is -2.08. The van der Waals surface area contributed by atoms with Crippen LogP contribution in [0.15, 0.2) is 4.79 Å². The zero-order valence-corrected chi connectivity index (χ0v) is 10.7. The smallest absolute Gasteiger partial charge is 0.345 e. The van der Waals surface area contributed by atoms with Gasteiger partial charge in [-0.15, -0.1) is 0 Å². The van der Waals surface area contributed by atoms with Crippen molar-refractivity contribution in [3.8, 4) is 0 Å². The lowest BCUT2D eigenvalue weighted by Crippen LogP contribution is -2.25. The van der Waals surface area contributed by atoms with E-state index in [-0.39, 0.29) is 11.5 Å². The maximum atomic E-state index is 11.8. The predicted octanol–water partition coefficient (Wildman–Crippen LogP) is 1.77. The van der Waals surface area contributed by atoms with Gasteiger partial charge in [-0.3, -0.25) is 4.79 Å². The van der Waals surface area contributed by atoms with Crippen LogP contribution in [0.25, 0.3) is 0 Å². The number of aromatic nitrogens is 2. The number of carbonyl (C=O) groups excluding carboxylic acids is 1. The van der Waals surface area contributed by atoms with Crippen LogP contribution in [0.1, 0.15) is 55.0 Å². The van der Waals surface area contributed by atoms with E-state index >= 15 is 0 Å². The molecule has 94 valence electrons. The van der Waals surface area contributed by atoms with E-state index in [2.05, 4.69) is 9.97 Å². The SMILES string of the molecule is CCCOC(=O)c1c(C)nc(C(C)C)[nH]c1=O. The molecule has 0 aliphatic heterocycles. The summed E-state index contributed by atoms with van der Waals surface area (Å²) in [4.78, 5) is 30.2. The highest BCUT2D eigenvalue weighted by atomic mass is 16.5. The first-order valence-electron chi connectivity index (χ1n) is 5.75. The number of ether oxygens (including phenoxy) is 1. The lowest BCUT2D eigenvalue weighted by molar-refractivity contribution is 0.0501. The summed E-state index contributed by atoms with van der Waals surface area (Å²) in [5.74, 6) is 0.0926. The number of aryl methyl sites for hydroxylation is 1. The summed E-state index contributed by atoms with van der Waals surface area (Å²) < 4.78 is 4.94. The fourth-order valence-electron chi connectivity index (χ4n) is 1.39. The van der Waals surface area contributed by atoms with Gasteiger partial charge in [-0.25, -0.2) is 9.78 Å². The highest BCUT2D eigenvalue weighted by Gasteiger charge is 2.18. The molecule has 0 bridgehead atoms. The first-order chi connectivity index (χ1) is 7.97. The quantitative estimate of drug-likeness (QED) is 0.811. The normalized spacial score (nSPS) is 10.6. The molecule has 0 saturated carbocycles. The maximum absolute atomic E-state index is 11.8. The monoisotopic (exact) mass is 238 g/mol. The van der Waals surface area contributed by atoms with Crippen molar-refractivity contribution in [1.29, 1.82) is 0 Å². The third-order valence-corrected chi connectivity index (χ3v) is 2.31. The Balaban J connectivity index is 3.10. The molecule has 5 nitrogen and oxygen atoms in total. The first-order valence-corrected chi connectivity index (χ1v) is 5.75. The maximum Gasteiger partial charge on any atom is 0.345 e. The van der Waals surface area contributed by atoms with Gasteiger partial charge in [0.15, 0.2) is 0 Å². The van der Waals surface area contributed by atoms with Crippen molar-refractivity contribution in [3.63, 3.8) is 0 Å². The van der Waals surface area contributed by atoms with Gasteiger partial charge in [0.05, 0.1) is 12.3 Å². The van der Waals surface area contributed by atoms with Crippen molar-refractivity contribution in [2.45, 2.75) is 40.0 Å². The van der Waals surface area contributed by atoms with Gasteiger partial charge in [-0.1, -0.05) is 20.8 Å². The van der Waals surface area contributed by atoms with Crippen LogP contribution < -0.4 is 5.56 Å². The van der Waals surface area contributed by atoms with E-state index < -0.39 is 11.5 Å². The highest BCUT2D eigenvalue weighted by Crippen LogP contribution is 2.09. The molecule has 5 heteroatoms. The van der Waals surface area contributed by atoms with Gasteiger partial charge < -0.3 is 9.72 Å². The number of hydrogen-bond donors (Lipinski definition) is 1. The van der Waals surface area contributed by atoms with E-state index in [4.69, 9.17) is 4.74 Å². The second kappa shape index (κ2) is 5.61. The molecule has 0 unspecified atom stereocenters. The number of rotatable bonds is 4. The highest BCUT2D eigenvalue weighted by molar-refractivity contribution is 5.90. The summed E-state index contributed by atoms with van der Waals surface area (Å²) >= 11 is 0. The average Bonchev–Trinajstić information content (AvgIpc) is 2.25. The third-order valence-electron chi connectivity index (χ3n) is 2.31. The van der Waals surface area contributed by atoms with Gasteiger partial charge in [0.25, 0.3) is 5.56 Å². The van der Waals surface area contributed by atoms with Crippen LogP contribution in [0.5, 0.6) is 0 Å². The molecule has 17 heavy (non-hydrogen) atoms. The fraction of sp³-hybridized carbons (Fsp3) is 0.583. The van der Waals surface area contributed by atoms with Crippen molar-refractivity contribution >= 4 is 5.97 Å². The van der Waals surface area contributed by atoms with Crippen LogP contribution in [0.2, 0.25) is 0 Å². The Bertz CT molecular complexity index is 463. The Hall–Kier alpha value is -1.65. The van der Waals surface area contributed by atoms with Crippen LogP contribution in [-0.4, -0.2) is 22.5 Å². The van der Waals surface area contributed by atoms with Crippen LogP contribution in [-0.2, 0) is 4.74 Å². The molecule has 0 fully saturated rings. The van der Waals surface area contributed by atoms with E-state index in [9.17, 15) is 9.59 Å². The van der Waals surface area contributed by atoms with Gasteiger partial charge in [-0.2, -0.15) is 0 Å². The number of nitrogens with one attached hydrogen (secondary N) is 1. The van der Waals surface area contributed by atoms with Gasteiger partial charge >= 0.3 is 5.97 Å². The number of hydrogen-bond acceptors (Lipinski definition) is 4. The molecule has 0 aliphatic carbocycles. The topological polar surface area (TPSA) is 72.0 Å². The summed E-state index contributed by atoms with van der Waals surface area (Å²) in [6, 6.07) is 0. The van der Waals surface area contributed by atoms with Crippen LogP contribution in [0.4, 0.5) is 0 Å². The third kappa shape index (κ3) is 3.15. The second-order valence-corrected chi connectivity index (χ2v) is 4.20. The fourth-order valence-corrected chi connectivity index (χ4v) is 1.39. The van der Waals surface area contributed by atoms with E-state index in [1.165, 1.54) is 0 Å². The molecule has 0 aromatic carbocycles. The second-order valence-electron chi connectivity index (χ2n) is 4.20. The number of H-pyrrole nitrogens is 1. The van der Waals surface area contributed by atoms with Crippen molar-refractivity contribution < 1.29 is 9.53 Å². The van der Waals surface area contributed by atoms with Crippen molar-refractivity contribution in [2.75, 3.05) is 6.61 Å². The van der Waals surface area contributed by atoms with E-state index in [0.717, 1.165) is 6.42 Å². The molecule has 0 radical (unpaired) electrons. The molecule has 1 heterocycles. The summed E-state index contributed by atoms with van der Waals surface area (Å²) in [6.07, 6.45) is 0.722. The van der Waals surface area contributed by atoms with Crippen molar-refractivity contribution in [2.24, 2.45) is 0 Å².